The molecule has 2 aliphatic heterocycles. The van der Waals surface area contributed by atoms with Gasteiger partial charge in [0.05, 0.1) is 19.8 Å². The molecule has 1 unspecified atom stereocenters. The summed E-state index contributed by atoms with van der Waals surface area (Å²) in [6.07, 6.45) is 1.09. The molecule has 0 bridgehead atoms. The summed E-state index contributed by atoms with van der Waals surface area (Å²) in [7, 11) is 1.73. The van der Waals surface area contributed by atoms with E-state index in [9.17, 15) is 4.39 Å². The molecule has 1 N–H and O–H groups in total. The third-order valence-corrected chi connectivity index (χ3v) is 4.47. The van der Waals surface area contributed by atoms with Crippen molar-refractivity contribution < 1.29 is 18.6 Å². The van der Waals surface area contributed by atoms with Crippen molar-refractivity contribution in [2.75, 3.05) is 40.1 Å². The van der Waals surface area contributed by atoms with Gasteiger partial charge in [-0.2, -0.15) is 0 Å². The lowest BCUT2D eigenvalue weighted by Gasteiger charge is -2.23. The second kappa shape index (κ2) is 10.3. The van der Waals surface area contributed by atoms with Crippen molar-refractivity contribution in [1.82, 2.24) is 10.2 Å². The SMILES string of the molecule is CCNC(=NCc1cc(F)cc2c1OCOC2)N1CCC(COC)C1.I. The van der Waals surface area contributed by atoms with Gasteiger partial charge >= 0.3 is 0 Å². The highest BCUT2D eigenvalue weighted by Crippen LogP contribution is 2.30. The summed E-state index contributed by atoms with van der Waals surface area (Å²) < 4.78 is 29.9. The molecule has 6 nitrogen and oxygen atoms in total. The van der Waals surface area contributed by atoms with E-state index < -0.39 is 0 Å². The third-order valence-electron chi connectivity index (χ3n) is 4.47. The predicted molar refractivity (Wildman–Crippen MR) is 108 cm³/mol. The van der Waals surface area contributed by atoms with E-state index in [1.807, 2.05) is 6.92 Å². The summed E-state index contributed by atoms with van der Waals surface area (Å²) in [4.78, 5) is 6.95. The highest BCUT2D eigenvalue weighted by atomic mass is 127. The minimum atomic E-state index is -0.288. The van der Waals surface area contributed by atoms with E-state index in [2.05, 4.69) is 10.2 Å². The average Bonchev–Trinajstić information content (AvgIpc) is 3.07. The van der Waals surface area contributed by atoms with Crippen LogP contribution in [0.1, 0.15) is 24.5 Å². The van der Waals surface area contributed by atoms with Gasteiger partial charge in [-0.25, -0.2) is 9.38 Å². The zero-order valence-corrected chi connectivity index (χ0v) is 17.6. The molecule has 1 fully saturated rings. The van der Waals surface area contributed by atoms with Gasteiger partial charge in [0.2, 0.25) is 0 Å². The molecule has 0 saturated carbocycles. The Morgan fingerprint density at radius 1 is 1.46 bits per heavy atom. The molecule has 2 heterocycles. The molecular formula is C18H27FIN3O3. The Kier molecular flexibility index (Phi) is 8.36. The van der Waals surface area contributed by atoms with Crippen LogP contribution in [-0.2, 0) is 22.6 Å². The van der Waals surface area contributed by atoms with Gasteiger partial charge in [-0.1, -0.05) is 0 Å². The van der Waals surface area contributed by atoms with E-state index in [-0.39, 0.29) is 36.6 Å². The number of nitrogens with one attached hydrogen (secondary N) is 1. The number of hydrogen-bond acceptors (Lipinski definition) is 4. The van der Waals surface area contributed by atoms with E-state index in [4.69, 9.17) is 19.2 Å². The van der Waals surface area contributed by atoms with Gasteiger partial charge in [0, 0.05) is 43.8 Å². The molecule has 2 aliphatic rings. The highest BCUT2D eigenvalue weighted by Gasteiger charge is 2.25. The smallest absolute Gasteiger partial charge is 0.194 e. The third kappa shape index (κ3) is 5.20. The van der Waals surface area contributed by atoms with Crippen molar-refractivity contribution in [1.29, 1.82) is 0 Å². The fourth-order valence-electron chi connectivity index (χ4n) is 3.36. The van der Waals surface area contributed by atoms with Gasteiger partial charge in [0.1, 0.15) is 11.6 Å². The lowest BCUT2D eigenvalue weighted by Crippen LogP contribution is -2.40. The van der Waals surface area contributed by atoms with Crippen LogP contribution in [0, 0.1) is 11.7 Å². The minimum Gasteiger partial charge on any atom is -0.467 e. The molecule has 146 valence electrons. The van der Waals surface area contributed by atoms with Gasteiger partial charge in [-0.15, -0.1) is 24.0 Å². The topological polar surface area (TPSA) is 55.3 Å². The van der Waals surface area contributed by atoms with Gasteiger partial charge in [0.25, 0.3) is 0 Å². The molecule has 0 aromatic heterocycles. The van der Waals surface area contributed by atoms with Crippen LogP contribution in [0.4, 0.5) is 4.39 Å². The monoisotopic (exact) mass is 479 g/mol. The Labute approximate surface area is 171 Å². The van der Waals surface area contributed by atoms with E-state index in [1.54, 1.807) is 7.11 Å². The maximum Gasteiger partial charge on any atom is 0.194 e. The standard InChI is InChI=1S/C18H26FN3O3.HI/c1-3-20-18(22-5-4-13(9-22)10-23-2)21-8-14-6-16(19)7-15-11-24-12-25-17(14)15;/h6-7,13H,3-5,8-12H2,1-2H3,(H,20,21);1H. The van der Waals surface area contributed by atoms with E-state index in [0.29, 0.717) is 24.8 Å². The maximum absolute atomic E-state index is 13.9. The van der Waals surface area contributed by atoms with Crippen molar-refractivity contribution in [2.45, 2.75) is 26.5 Å². The van der Waals surface area contributed by atoms with Crippen LogP contribution in [0.3, 0.4) is 0 Å². The summed E-state index contributed by atoms with van der Waals surface area (Å²) in [6, 6.07) is 2.96. The van der Waals surface area contributed by atoms with Gasteiger partial charge in [0.15, 0.2) is 12.8 Å². The van der Waals surface area contributed by atoms with Crippen molar-refractivity contribution >= 4 is 29.9 Å². The number of nitrogens with zero attached hydrogens (tertiary/aromatic N) is 2. The summed E-state index contributed by atoms with van der Waals surface area (Å²) in [5, 5.41) is 3.33. The number of fused-ring (bicyclic) bond motifs is 1. The zero-order valence-electron chi connectivity index (χ0n) is 15.3. The van der Waals surface area contributed by atoms with Crippen molar-refractivity contribution in [3.05, 3.63) is 29.1 Å². The van der Waals surface area contributed by atoms with Gasteiger partial charge in [-0.3, -0.25) is 0 Å². The van der Waals surface area contributed by atoms with E-state index in [0.717, 1.165) is 49.7 Å². The number of benzene rings is 1. The Balaban J connectivity index is 0.00000243. The number of aliphatic imine (C=N–C) groups is 1. The van der Waals surface area contributed by atoms with E-state index in [1.165, 1.54) is 12.1 Å². The molecule has 1 saturated heterocycles. The molecule has 1 atom stereocenters. The maximum atomic E-state index is 13.9. The molecule has 0 aliphatic carbocycles. The van der Waals surface area contributed by atoms with Crippen LogP contribution in [0.2, 0.25) is 0 Å². The Morgan fingerprint density at radius 3 is 3.08 bits per heavy atom. The molecule has 0 spiro atoms. The normalized spacial score (nSPS) is 19.6. The van der Waals surface area contributed by atoms with Crippen LogP contribution < -0.4 is 10.1 Å². The largest absolute Gasteiger partial charge is 0.467 e. The zero-order chi connectivity index (χ0) is 17.6. The van der Waals surface area contributed by atoms with Gasteiger partial charge in [-0.05, 0) is 25.5 Å². The molecule has 26 heavy (non-hydrogen) atoms. The fraction of sp³-hybridized carbons (Fsp3) is 0.611. The summed E-state index contributed by atoms with van der Waals surface area (Å²) in [5.74, 6) is 1.79. The number of likely N-dealkylation sites (tertiary alicyclic amines) is 1. The summed E-state index contributed by atoms with van der Waals surface area (Å²) >= 11 is 0. The number of hydrogen-bond donors (Lipinski definition) is 1. The van der Waals surface area contributed by atoms with Gasteiger partial charge < -0.3 is 24.4 Å². The minimum absolute atomic E-state index is 0. The Bertz CT molecular complexity index is 630. The lowest BCUT2D eigenvalue weighted by atomic mass is 10.1. The fourth-order valence-corrected chi connectivity index (χ4v) is 3.36. The molecule has 8 heteroatoms. The first-order valence-electron chi connectivity index (χ1n) is 8.75. The number of halogens is 2. The average molecular weight is 479 g/mol. The number of rotatable bonds is 5. The number of ether oxygens (including phenoxy) is 3. The van der Waals surface area contributed by atoms with Crippen LogP contribution in [0.15, 0.2) is 17.1 Å². The van der Waals surface area contributed by atoms with Crippen LogP contribution >= 0.6 is 24.0 Å². The quantitative estimate of drug-likeness (QED) is 0.400. The second-order valence-electron chi connectivity index (χ2n) is 6.39. The van der Waals surface area contributed by atoms with E-state index >= 15 is 0 Å². The molecular weight excluding hydrogens is 452 g/mol. The van der Waals surface area contributed by atoms with Crippen LogP contribution in [0.5, 0.6) is 5.75 Å². The highest BCUT2D eigenvalue weighted by molar-refractivity contribution is 14.0. The first-order chi connectivity index (χ1) is 12.2. The summed E-state index contributed by atoms with van der Waals surface area (Å²) in [6.45, 7) is 6.40. The molecule has 3 rings (SSSR count). The summed E-state index contributed by atoms with van der Waals surface area (Å²) in [5.41, 5.74) is 1.49. The van der Waals surface area contributed by atoms with Crippen LogP contribution in [-0.4, -0.2) is 51.0 Å². The lowest BCUT2D eigenvalue weighted by molar-refractivity contribution is -0.0172. The Morgan fingerprint density at radius 2 is 2.31 bits per heavy atom. The Hall–Kier alpha value is -1.13. The number of guanidine groups is 1. The molecule has 0 radical (unpaired) electrons. The first-order valence-corrected chi connectivity index (χ1v) is 8.75. The second-order valence-corrected chi connectivity index (χ2v) is 6.39. The molecule has 1 aromatic carbocycles. The molecule has 1 aromatic rings. The molecule has 0 amide bonds. The van der Waals surface area contributed by atoms with Crippen LogP contribution in [0.25, 0.3) is 0 Å². The predicted octanol–water partition coefficient (Wildman–Crippen LogP) is 2.74. The first kappa shape index (κ1) is 21.2. The number of methoxy groups -OCH3 is 1. The van der Waals surface area contributed by atoms with Crippen molar-refractivity contribution in [3.63, 3.8) is 0 Å². The van der Waals surface area contributed by atoms with Crippen molar-refractivity contribution in [3.8, 4) is 5.75 Å². The van der Waals surface area contributed by atoms with Crippen molar-refractivity contribution in [2.24, 2.45) is 10.9 Å².